The Balaban J connectivity index is 1.98. The van der Waals surface area contributed by atoms with E-state index in [-0.39, 0.29) is 37.3 Å². The number of hydrogen-bond acceptors (Lipinski definition) is 7. The molecule has 0 unspecified atom stereocenters. The molecule has 1 aromatic heterocycles. The van der Waals surface area contributed by atoms with Gasteiger partial charge in [-0.3, -0.25) is 0 Å². The van der Waals surface area contributed by atoms with Gasteiger partial charge in [-0.15, -0.1) is 0 Å². The van der Waals surface area contributed by atoms with Crippen LogP contribution in [-0.4, -0.2) is 47.0 Å². The molecule has 1 aromatic carbocycles. The SMILES string of the molecule is CC(C)(C)OC(=O)N1CCc2nc(Cc3ccccc3)nc(OS(=O)(=O)C(F)(F)F)c2C1. The van der Waals surface area contributed by atoms with E-state index in [1.807, 2.05) is 0 Å². The summed E-state index contributed by atoms with van der Waals surface area (Å²) in [7, 11) is -5.97. The van der Waals surface area contributed by atoms with Crippen molar-refractivity contribution >= 4 is 16.2 Å². The minimum Gasteiger partial charge on any atom is -0.444 e. The second-order valence-corrected chi connectivity index (χ2v) is 9.71. The zero-order valence-electron chi connectivity index (χ0n) is 17.6. The number of fused-ring (bicyclic) bond motifs is 1. The predicted molar refractivity (Wildman–Crippen MR) is 107 cm³/mol. The summed E-state index contributed by atoms with van der Waals surface area (Å²) in [5, 5.41) is 0. The van der Waals surface area contributed by atoms with Crippen molar-refractivity contribution in [1.29, 1.82) is 0 Å². The zero-order chi connectivity index (χ0) is 23.7. The van der Waals surface area contributed by atoms with Crippen molar-refractivity contribution in [3.63, 3.8) is 0 Å². The molecule has 0 saturated heterocycles. The van der Waals surface area contributed by atoms with Gasteiger partial charge in [0.2, 0.25) is 5.88 Å². The van der Waals surface area contributed by atoms with Gasteiger partial charge in [0, 0.05) is 19.4 Å². The number of halogens is 3. The van der Waals surface area contributed by atoms with Gasteiger partial charge in [-0.25, -0.2) is 9.78 Å². The molecule has 0 saturated carbocycles. The second-order valence-electron chi connectivity index (χ2n) is 8.17. The van der Waals surface area contributed by atoms with E-state index >= 15 is 0 Å². The third-order valence-electron chi connectivity index (χ3n) is 4.40. The normalized spacial score (nSPS) is 14.6. The zero-order valence-corrected chi connectivity index (χ0v) is 18.5. The van der Waals surface area contributed by atoms with Crippen molar-refractivity contribution in [2.24, 2.45) is 0 Å². The number of alkyl halides is 3. The number of rotatable bonds is 4. The maximum absolute atomic E-state index is 12.9. The van der Waals surface area contributed by atoms with Crippen LogP contribution in [0.15, 0.2) is 30.3 Å². The van der Waals surface area contributed by atoms with Crippen molar-refractivity contribution in [2.45, 2.75) is 51.3 Å². The summed E-state index contributed by atoms with van der Waals surface area (Å²) >= 11 is 0. The molecule has 12 heteroatoms. The molecule has 3 rings (SSSR count). The first-order valence-corrected chi connectivity index (χ1v) is 11.1. The minimum atomic E-state index is -5.97. The van der Waals surface area contributed by atoms with Gasteiger partial charge in [-0.1, -0.05) is 30.3 Å². The van der Waals surface area contributed by atoms with E-state index in [9.17, 15) is 26.4 Å². The van der Waals surface area contributed by atoms with Crippen molar-refractivity contribution in [3.05, 3.63) is 53.0 Å². The number of nitrogens with zero attached hydrogens (tertiary/aromatic N) is 3. The summed E-state index contributed by atoms with van der Waals surface area (Å²) in [5.74, 6) is -0.639. The first-order valence-electron chi connectivity index (χ1n) is 9.66. The summed E-state index contributed by atoms with van der Waals surface area (Å²) in [5.41, 5.74) is -5.33. The predicted octanol–water partition coefficient (Wildman–Crippen LogP) is 3.59. The van der Waals surface area contributed by atoms with Gasteiger partial charge in [0.05, 0.1) is 17.8 Å². The molecule has 8 nitrogen and oxygen atoms in total. The van der Waals surface area contributed by atoms with Crippen LogP contribution in [0.5, 0.6) is 5.88 Å². The Labute approximate surface area is 183 Å². The van der Waals surface area contributed by atoms with Gasteiger partial charge in [0.1, 0.15) is 11.4 Å². The van der Waals surface area contributed by atoms with Crippen LogP contribution in [0.25, 0.3) is 0 Å². The van der Waals surface area contributed by atoms with Crippen LogP contribution in [0, 0.1) is 0 Å². The average molecular weight is 473 g/mol. The molecule has 0 spiro atoms. The summed E-state index contributed by atoms with van der Waals surface area (Å²) in [6.45, 7) is 4.96. The fraction of sp³-hybridized carbons (Fsp3) is 0.450. The molecule has 2 heterocycles. The molecule has 0 radical (unpaired) electrons. The summed E-state index contributed by atoms with van der Waals surface area (Å²) < 4.78 is 71.9. The van der Waals surface area contributed by atoms with Crippen LogP contribution >= 0.6 is 0 Å². The van der Waals surface area contributed by atoms with Crippen molar-refractivity contribution < 1.29 is 35.3 Å². The van der Waals surface area contributed by atoms with Gasteiger partial charge in [0.25, 0.3) is 0 Å². The number of amides is 1. The van der Waals surface area contributed by atoms with Crippen molar-refractivity contribution in [3.8, 4) is 5.88 Å². The standard InChI is InChI=1S/C20H22F3N3O5S/c1-19(2,3)30-18(27)26-10-9-15-14(12-26)17(31-32(28,29)20(21,22)23)25-16(24-15)11-13-7-5-4-6-8-13/h4-8H,9-12H2,1-3H3. The minimum absolute atomic E-state index is 0.00764. The molecule has 0 aliphatic carbocycles. The number of hydrogen-bond donors (Lipinski definition) is 0. The molecule has 32 heavy (non-hydrogen) atoms. The molecule has 1 amide bonds. The first-order chi connectivity index (χ1) is 14.7. The van der Waals surface area contributed by atoms with Gasteiger partial charge < -0.3 is 13.8 Å². The topological polar surface area (TPSA) is 98.7 Å². The van der Waals surface area contributed by atoms with Crippen LogP contribution in [0.3, 0.4) is 0 Å². The smallest absolute Gasteiger partial charge is 0.444 e. The summed E-state index contributed by atoms with van der Waals surface area (Å²) in [4.78, 5) is 22.0. The van der Waals surface area contributed by atoms with Gasteiger partial charge >= 0.3 is 21.7 Å². The van der Waals surface area contributed by atoms with Crippen LogP contribution in [0.4, 0.5) is 18.0 Å². The number of carbonyl (C=O) groups is 1. The molecule has 1 aliphatic heterocycles. The monoisotopic (exact) mass is 473 g/mol. The Morgan fingerprint density at radius 3 is 2.38 bits per heavy atom. The van der Waals surface area contributed by atoms with E-state index in [4.69, 9.17) is 4.74 Å². The van der Waals surface area contributed by atoms with Gasteiger partial charge in [0.15, 0.2) is 0 Å². The Hall–Kier alpha value is -2.89. The van der Waals surface area contributed by atoms with E-state index in [1.54, 1.807) is 51.1 Å². The lowest BCUT2D eigenvalue weighted by Crippen LogP contribution is -2.40. The molecule has 0 fully saturated rings. The second kappa shape index (κ2) is 8.57. The van der Waals surface area contributed by atoms with Gasteiger partial charge in [-0.05, 0) is 26.3 Å². The highest BCUT2D eigenvalue weighted by atomic mass is 32.2. The highest BCUT2D eigenvalue weighted by molar-refractivity contribution is 7.87. The Morgan fingerprint density at radius 1 is 1.12 bits per heavy atom. The fourth-order valence-corrected chi connectivity index (χ4v) is 3.43. The maximum atomic E-state index is 12.9. The Bertz CT molecular complexity index is 1100. The molecule has 0 N–H and O–H groups in total. The van der Waals surface area contributed by atoms with Crippen LogP contribution in [-0.2, 0) is 34.2 Å². The van der Waals surface area contributed by atoms with E-state index in [1.165, 1.54) is 4.90 Å². The Morgan fingerprint density at radius 2 is 1.78 bits per heavy atom. The quantitative estimate of drug-likeness (QED) is 0.494. The van der Waals surface area contributed by atoms with E-state index in [0.717, 1.165) is 5.56 Å². The average Bonchev–Trinajstić information content (AvgIpc) is 2.66. The highest BCUT2D eigenvalue weighted by Gasteiger charge is 2.49. The van der Waals surface area contributed by atoms with Crippen molar-refractivity contribution in [2.75, 3.05) is 6.54 Å². The summed E-state index contributed by atoms with van der Waals surface area (Å²) in [6, 6.07) is 8.91. The highest BCUT2D eigenvalue weighted by Crippen LogP contribution is 2.32. The van der Waals surface area contributed by atoms with Gasteiger partial charge in [-0.2, -0.15) is 26.6 Å². The molecular weight excluding hydrogens is 451 g/mol. The lowest BCUT2D eigenvalue weighted by Gasteiger charge is -2.31. The molecule has 2 aromatic rings. The number of carbonyl (C=O) groups excluding carboxylic acids is 1. The molecule has 0 bridgehead atoms. The first kappa shape index (κ1) is 23.8. The van der Waals surface area contributed by atoms with E-state index < -0.39 is 33.2 Å². The molecular formula is C20H22F3N3O5S. The Kier molecular flexibility index (Phi) is 6.36. The molecule has 174 valence electrons. The van der Waals surface area contributed by atoms with E-state index in [0.29, 0.717) is 5.69 Å². The van der Waals surface area contributed by atoms with Crippen LogP contribution in [0.2, 0.25) is 0 Å². The lowest BCUT2D eigenvalue weighted by molar-refractivity contribution is -0.0502. The van der Waals surface area contributed by atoms with E-state index in [2.05, 4.69) is 14.2 Å². The summed E-state index contributed by atoms with van der Waals surface area (Å²) in [6.07, 6.45) is -0.366. The van der Waals surface area contributed by atoms with Crippen LogP contribution < -0.4 is 4.18 Å². The largest absolute Gasteiger partial charge is 0.534 e. The third kappa shape index (κ3) is 5.67. The number of ether oxygens (including phenoxy) is 1. The maximum Gasteiger partial charge on any atom is 0.534 e. The lowest BCUT2D eigenvalue weighted by atomic mass is 10.1. The van der Waals surface area contributed by atoms with Crippen LogP contribution in [0.1, 0.15) is 43.4 Å². The number of benzene rings is 1. The molecule has 1 aliphatic rings. The third-order valence-corrected chi connectivity index (χ3v) is 5.34. The fourth-order valence-electron chi connectivity index (χ4n) is 2.99. The number of aromatic nitrogens is 2. The molecule has 0 atom stereocenters. The van der Waals surface area contributed by atoms with Crippen molar-refractivity contribution in [1.82, 2.24) is 14.9 Å².